The van der Waals surface area contributed by atoms with Gasteiger partial charge in [0.15, 0.2) is 0 Å². The molecule has 1 rings (SSSR count). The van der Waals surface area contributed by atoms with E-state index in [1.54, 1.807) is 18.3 Å². The molecule has 0 bridgehead atoms. The summed E-state index contributed by atoms with van der Waals surface area (Å²) < 4.78 is 0. The lowest BCUT2D eigenvalue weighted by molar-refractivity contribution is -0.268. The van der Waals surface area contributed by atoms with Gasteiger partial charge in [-0.3, -0.25) is 4.99 Å². The van der Waals surface area contributed by atoms with Gasteiger partial charge >= 0.3 is 0 Å². The molecule has 3 nitrogen and oxygen atoms in total. The van der Waals surface area contributed by atoms with E-state index < -0.39 is 0 Å². The largest absolute Gasteiger partial charge is 0.872 e. The third-order valence-corrected chi connectivity index (χ3v) is 1.41. The number of rotatable bonds is 3. The average molecular weight is 163 g/mol. The molecule has 0 unspecified atom stereocenters. The molecule has 0 aliphatic carbocycles. The Morgan fingerprint density at radius 3 is 2.83 bits per heavy atom. The average Bonchev–Trinajstić information content (AvgIpc) is 2.09. The second-order valence-electron chi connectivity index (χ2n) is 2.36. The van der Waals surface area contributed by atoms with Crippen LogP contribution in [0.4, 0.5) is 0 Å². The maximum atomic E-state index is 11.1. The Morgan fingerprint density at radius 1 is 1.42 bits per heavy atom. The highest BCUT2D eigenvalue weighted by Gasteiger charge is 1.85. The lowest BCUT2D eigenvalue weighted by Crippen LogP contribution is -2.03. The van der Waals surface area contributed by atoms with Crippen LogP contribution in [-0.4, -0.2) is 19.3 Å². The Labute approximate surface area is 71.6 Å². The van der Waals surface area contributed by atoms with Crippen LogP contribution >= 0.6 is 0 Å². The molecule has 12 heavy (non-hydrogen) atoms. The van der Waals surface area contributed by atoms with E-state index >= 15 is 0 Å². The van der Waals surface area contributed by atoms with Gasteiger partial charge in [0, 0.05) is 12.8 Å². The zero-order valence-corrected chi connectivity index (χ0v) is 6.73. The molecule has 0 heterocycles. The summed E-state index contributed by atoms with van der Waals surface area (Å²) in [6.07, 6.45) is 1.56. The molecule has 1 aromatic carbocycles. The number of hydrogen-bond acceptors (Lipinski definition) is 3. The highest BCUT2D eigenvalue weighted by molar-refractivity contribution is 5.82. The van der Waals surface area contributed by atoms with Crippen molar-refractivity contribution in [2.75, 3.05) is 13.1 Å². The molecule has 0 spiro atoms. The standard InChI is InChI=1S/C9H12N2O/c10-5-6-11-7-8-3-1-2-4-9(8)12/h1-4,7,12H,5-6,10H2/p-1. The van der Waals surface area contributed by atoms with Crippen molar-refractivity contribution in [3.8, 4) is 5.75 Å². The number of nitrogens with zero attached hydrogens (tertiary/aromatic N) is 1. The van der Waals surface area contributed by atoms with Crippen LogP contribution in [0.1, 0.15) is 5.56 Å². The molecule has 64 valence electrons. The summed E-state index contributed by atoms with van der Waals surface area (Å²) in [5.74, 6) is -0.00160. The van der Waals surface area contributed by atoms with E-state index in [-0.39, 0.29) is 5.75 Å². The molecule has 0 aliphatic rings. The van der Waals surface area contributed by atoms with Crippen molar-refractivity contribution in [3.63, 3.8) is 0 Å². The second kappa shape index (κ2) is 4.51. The Bertz CT molecular complexity index is 271. The van der Waals surface area contributed by atoms with E-state index in [0.29, 0.717) is 18.7 Å². The first kappa shape index (κ1) is 8.74. The van der Waals surface area contributed by atoms with Gasteiger partial charge in [0.1, 0.15) is 0 Å². The molecule has 1 aromatic rings. The lowest BCUT2D eigenvalue weighted by atomic mass is 10.2. The number of hydrogen-bond donors (Lipinski definition) is 1. The van der Waals surface area contributed by atoms with Gasteiger partial charge in [-0.1, -0.05) is 24.3 Å². The predicted octanol–water partition coefficient (Wildman–Crippen LogP) is 0.138. The minimum absolute atomic E-state index is 0.00160. The first-order valence-electron chi connectivity index (χ1n) is 3.80. The van der Waals surface area contributed by atoms with E-state index in [1.165, 1.54) is 6.07 Å². The SMILES string of the molecule is NCCN=Cc1ccccc1[O-]. The monoisotopic (exact) mass is 163 g/mol. The number of nitrogens with two attached hydrogens (primary N) is 1. The Balaban J connectivity index is 2.68. The van der Waals surface area contributed by atoms with Gasteiger partial charge in [0.05, 0.1) is 6.54 Å². The zero-order chi connectivity index (χ0) is 8.81. The first-order chi connectivity index (χ1) is 5.84. The van der Waals surface area contributed by atoms with Gasteiger partial charge in [-0.2, -0.15) is 0 Å². The molecule has 0 saturated carbocycles. The van der Waals surface area contributed by atoms with Crippen molar-refractivity contribution in [1.82, 2.24) is 0 Å². The Hall–Kier alpha value is -1.35. The van der Waals surface area contributed by atoms with E-state index in [9.17, 15) is 5.11 Å². The summed E-state index contributed by atoms with van der Waals surface area (Å²) in [6, 6.07) is 6.78. The van der Waals surface area contributed by atoms with Gasteiger partial charge in [0.25, 0.3) is 0 Å². The molecule has 0 radical (unpaired) electrons. The topological polar surface area (TPSA) is 61.4 Å². The van der Waals surface area contributed by atoms with E-state index in [4.69, 9.17) is 5.73 Å². The summed E-state index contributed by atoms with van der Waals surface area (Å²) in [6.45, 7) is 1.08. The van der Waals surface area contributed by atoms with Crippen LogP contribution in [0.25, 0.3) is 0 Å². The lowest BCUT2D eigenvalue weighted by Gasteiger charge is -2.07. The molecular formula is C9H11N2O-. The van der Waals surface area contributed by atoms with Crippen LogP contribution in [-0.2, 0) is 0 Å². The molecule has 0 fully saturated rings. The Kier molecular flexibility index (Phi) is 3.29. The minimum Gasteiger partial charge on any atom is -0.872 e. The fourth-order valence-electron chi connectivity index (χ4n) is 0.825. The third-order valence-electron chi connectivity index (χ3n) is 1.41. The van der Waals surface area contributed by atoms with Crippen LogP contribution in [0.15, 0.2) is 29.3 Å². The summed E-state index contributed by atoms with van der Waals surface area (Å²) in [7, 11) is 0. The number of benzene rings is 1. The van der Waals surface area contributed by atoms with Gasteiger partial charge in [-0.15, -0.1) is 5.75 Å². The van der Waals surface area contributed by atoms with E-state index in [1.807, 2.05) is 6.07 Å². The van der Waals surface area contributed by atoms with Crippen molar-refractivity contribution in [2.45, 2.75) is 0 Å². The van der Waals surface area contributed by atoms with E-state index in [2.05, 4.69) is 4.99 Å². The molecule has 0 amide bonds. The molecule has 0 aliphatic heterocycles. The fraction of sp³-hybridized carbons (Fsp3) is 0.222. The quantitative estimate of drug-likeness (QED) is 0.644. The maximum Gasteiger partial charge on any atom is 0.0512 e. The van der Waals surface area contributed by atoms with Crippen molar-refractivity contribution in [3.05, 3.63) is 29.8 Å². The van der Waals surface area contributed by atoms with Crippen LogP contribution in [0.5, 0.6) is 5.75 Å². The number of aliphatic imine (C=N–C) groups is 1. The summed E-state index contributed by atoms with van der Waals surface area (Å²) in [5.41, 5.74) is 5.86. The van der Waals surface area contributed by atoms with Crippen molar-refractivity contribution >= 4 is 6.21 Å². The van der Waals surface area contributed by atoms with Gasteiger partial charge in [0.2, 0.25) is 0 Å². The smallest absolute Gasteiger partial charge is 0.0512 e. The van der Waals surface area contributed by atoms with Crippen LogP contribution in [0.3, 0.4) is 0 Å². The summed E-state index contributed by atoms with van der Waals surface area (Å²) in [4.78, 5) is 3.97. The normalized spacial score (nSPS) is 10.8. The van der Waals surface area contributed by atoms with Crippen LogP contribution in [0.2, 0.25) is 0 Å². The summed E-state index contributed by atoms with van der Waals surface area (Å²) >= 11 is 0. The minimum atomic E-state index is -0.00160. The van der Waals surface area contributed by atoms with Gasteiger partial charge in [-0.25, -0.2) is 0 Å². The van der Waals surface area contributed by atoms with Crippen LogP contribution in [0, 0.1) is 0 Å². The molecule has 0 saturated heterocycles. The summed E-state index contributed by atoms with van der Waals surface area (Å²) in [5, 5.41) is 11.1. The highest BCUT2D eigenvalue weighted by atomic mass is 16.3. The first-order valence-corrected chi connectivity index (χ1v) is 3.80. The van der Waals surface area contributed by atoms with E-state index in [0.717, 1.165) is 0 Å². The third kappa shape index (κ3) is 2.36. The van der Waals surface area contributed by atoms with Crippen molar-refractivity contribution in [2.24, 2.45) is 10.7 Å². The zero-order valence-electron chi connectivity index (χ0n) is 6.73. The predicted molar refractivity (Wildman–Crippen MR) is 47.4 cm³/mol. The Morgan fingerprint density at radius 2 is 2.17 bits per heavy atom. The van der Waals surface area contributed by atoms with Gasteiger partial charge < -0.3 is 10.8 Å². The number of para-hydroxylation sites is 1. The highest BCUT2D eigenvalue weighted by Crippen LogP contribution is 2.08. The maximum absolute atomic E-state index is 11.1. The fourth-order valence-corrected chi connectivity index (χ4v) is 0.825. The molecule has 2 N–H and O–H groups in total. The van der Waals surface area contributed by atoms with Gasteiger partial charge in [-0.05, 0) is 5.56 Å². The molecule has 0 atom stereocenters. The molecular weight excluding hydrogens is 152 g/mol. The van der Waals surface area contributed by atoms with Crippen LogP contribution < -0.4 is 10.8 Å². The van der Waals surface area contributed by atoms with Crippen molar-refractivity contribution in [1.29, 1.82) is 0 Å². The molecule has 0 aromatic heterocycles. The molecule has 3 heteroatoms. The second-order valence-corrected chi connectivity index (χ2v) is 2.36. The van der Waals surface area contributed by atoms with Crippen molar-refractivity contribution < 1.29 is 5.11 Å².